The van der Waals surface area contributed by atoms with Crippen LogP contribution in [0.15, 0.2) is 18.2 Å². The minimum absolute atomic E-state index is 0.672. The third-order valence-electron chi connectivity index (χ3n) is 3.10. The Bertz CT molecular complexity index is 514. The number of rotatable bonds is 3. The summed E-state index contributed by atoms with van der Waals surface area (Å²) >= 11 is 0. The van der Waals surface area contributed by atoms with Crippen LogP contribution in [0.2, 0.25) is 0 Å². The normalized spacial score (nSPS) is 11.0. The van der Waals surface area contributed by atoms with Gasteiger partial charge in [-0.3, -0.25) is 0 Å². The molecule has 0 aliphatic heterocycles. The molecule has 1 heterocycles. The number of benzene rings is 1. The lowest BCUT2D eigenvalue weighted by Gasteiger charge is -2.07. The van der Waals surface area contributed by atoms with Crippen LogP contribution in [-0.2, 0) is 13.5 Å². The standard InChI is InChI=1S/C13H18N2O/c1-9-4-5-12(16-3)13-11(9)8-10(6-7-14)15(13)2/h4-5,8H,6-7,14H2,1-3H3. The average Bonchev–Trinajstić information content (AvgIpc) is 2.60. The topological polar surface area (TPSA) is 40.2 Å². The van der Waals surface area contributed by atoms with Crippen LogP contribution in [-0.4, -0.2) is 18.2 Å². The van der Waals surface area contributed by atoms with Crippen molar-refractivity contribution < 1.29 is 4.74 Å². The number of nitrogens with zero attached hydrogens (tertiary/aromatic N) is 1. The van der Waals surface area contributed by atoms with E-state index in [0.717, 1.165) is 17.7 Å². The second-order valence-corrected chi connectivity index (χ2v) is 4.08. The van der Waals surface area contributed by atoms with Gasteiger partial charge in [-0.15, -0.1) is 0 Å². The first-order chi connectivity index (χ1) is 7.69. The third-order valence-corrected chi connectivity index (χ3v) is 3.10. The molecule has 16 heavy (non-hydrogen) atoms. The summed E-state index contributed by atoms with van der Waals surface area (Å²) in [6, 6.07) is 6.32. The maximum absolute atomic E-state index is 5.62. The molecule has 0 spiro atoms. The third kappa shape index (κ3) is 1.57. The van der Waals surface area contributed by atoms with E-state index in [4.69, 9.17) is 10.5 Å². The number of aryl methyl sites for hydroxylation is 2. The van der Waals surface area contributed by atoms with Crippen molar-refractivity contribution >= 4 is 10.9 Å². The highest BCUT2D eigenvalue weighted by atomic mass is 16.5. The number of ether oxygens (including phenoxy) is 1. The van der Waals surface area contributed by atoms with E-state index < -0.39 is 0 Å². The fourth-order valence-electron chi connectivity index (χ4n) is 2.18. The summed E-state index contributed by atoms with van der Waals surface area (Å²) in [6.45, 7) is 2.79. The molecule has 0 atom stereocenters. The van der Waals surface area contributed by atoms with Crippen LogP contribution in [0, 0.1) is 6.92 Å². The molecule has 0 saturated carbocycles. The minimum Gasteiger partial charge on any atom is -0.495 e. The Kier molecular flexibility index (Phi) is 2.88. The molecule has 1 aromatic carbocycles. The van der Waals surface area contributed by atoms with Crippen LogP contribution < -0.4 is 10.5 Å². The highest BCUT2D eigenvalue weighted by molar-refractivity contribution is 5.89. The quantitative estimate of drug-likeness (QED) is 0.856. The zero-order chi connectivity index (χ0) is 11.7. The maximum atomic E-state index is 5.62. The second kappa shape index (κ2) is 4.18. The molecule has 1 aromatic heterocycles. The van der Waals surface area contributed by atoms with Crippen molar-refractivity contribution in [1.29, 1.82) is 0 Å². The second-order valence-electron chi connectivity index (χ2n) is 4.08. The van der Waals surface area contributed by atoms with Gasteiger partial charge in [-0.25, -0.2) is 0 Å². The van der Waals surface area contributed by atoms with E-state index in [9.17, 15) is 0 Å². The van der Waals surface area contributed by atoms with Gasteiger partial charge in [0.05, 0.1) is 12.6 Å². The summed E-state index contributed by atoms with van der Waals surface area (Å²) in [6.07, 6.45) is 0.897. The molecule has 0 radical (unpaired) electrons. The van der Waals surface area contributed by atoms with Crippen molar-refractivity contribution in [2.75, 3.05) is 13.7 Å². The van der Waals surface area contributed by atoms with Gasteiger partial charge in [0.2, 0.25) is 0 Å². The minimum atomic E-state index is 0.672. The van der Waals surface area contributed by atoms with Gasteiger partial charge in [-0.05, 0) is 37.6 Å². The van der Waals surface area contributed by atoms with Gasteiger partial charge in [0.25, 0.3) is 0 Å². The van der Waals surface area contributed by atoms with Gasteiger partial charge < -0.3 is 15.0 Å². The lowest BCUT2D eigenvalue weighted by molar-refractivity contribution is 0.417. The van der Waals surface area contributed by atoms with Gasteiger partial charge in [0.1, 0.15) is 5.75 Å². The molecule has 3 heteroatoms. The molecule has 0 aliphatic rings. The van der Waals surface area contributed by atoms with Crippen LogP contribution >= 0.6 is 0 Å². The highest BCUT2D eigenvalue weighted by Crippen LogP contribution is 2.30. The van der Waals surface area contributed by atoms with Crippen molar-refractivity contribution in [3.63, 3.8) is 0 Å². The molecule has 0 bridgehead atoms. The molecule has 2 N–H and O–H groups in total. The zero-order valence-electron chi connectivity index (χ0n) is 10.1. The molecule has 0 unspecified atom stereocenters. The summed E-state index contributed by atoms with van der Waals surface area (Å²) in [5.74, 6) is 0.923. The lowest BCUT2D eigenvalue weighted by Crippen LogP contribution is -2.06. The van der Waals surface area contributed by atoms with Gasteiger partial charge >= 0.3 is 0 Å². The van der Waals surface area contributed by atoms with E-state index in [1.165, 1.54) is 16.6 Å². The van der Waals surface area contributed by atoms with Crippen LogP contribution in [0.4, 0.5) is 0 Å². The number of fused-ring (bicyclic) bond motifs is 1. The molecule has 2 rings (SSSR count). The first-order valence-corrected chi connectivity index (χ1v) is 5.51. The number of hydrogen-bond donors (Lipinski definition) is 1. The largest absolute Gasteiger partial charge is 0.495 e. The average molecular weight is 218 g/mol. The maximum Gasteiger partial charge on any atom is 0.143 e. The van der Waals surface area contributed by atoms with E-state index in [0.29, 0.717) is 6.54 Å². The fraction of sp³-hybridized carbons (Fsp3) is 0.385. The molecule has 0 saturated heterocycles. The van der Waals surface area contributed by atoms with Gasteiger partial charge in [0, 0.05) is 18.1 Å². The molecule has 0 fully saturated rings. The van der Waals surface area contributed by atoms with Crippen molar-refractivity contribution in [2.45, 2.75) is 13.3 Å². The lowest BCUT2D eigenvalue weighted by atomic mass is 10.1. The number of nitrogens with two attached hydrogens (primary N) is 1. The highest BCUT2D eigenvalue weighted by Gasteiger charge is 2.11. The Morgan fingerprint density at radius 2 is 2.12 bits per heavy atom. The predicted molar refractivity (Wildman–Crippen MR) is 67.0 cm³/mol. The van der Waals surface area contributed by atoms with E-state index in [1.807, 2.05) is 6.07 Å². The van der Waals surface area contributed by atoms with E-state index in [1.54, 1.807) is 7.11 Å². The van der Waals surface area contributed by atoms with Crippen molar-refractivity contribution in [3.8, 4) is 5.75 Å². The molecule has 2 aromatic rings. The van der Waals surface area contributed by atoms with Crippen LogP contribution in [0.5, 0.6) is 5.75 Å². The summed E-state index contributed by atoms with van der Waals surface area (Å²) < 4.78 is 7.58. The number of hydrogen-bond acceptors (Lipinski definition) is 2. The van der Waals surface area contributed by atoms with E-state index in [2.05, 4.69) is 30.7 Å². The zero-order valence-corrected chi connectivity index (χ0v) is 10.1. The Morgan fingerprint density at radius 1 is 1.38 bits per heavy atom. The smallest absolute Gasteiger partial charge is 0.143 e. The molecule has 0 aliphatic carbocycles. The summed E-state index contributed by atoms with van der Waals surface area (Å²) in [4.78, 5) is 0. The van der Waals surface area contributed by atoms with Crippen molar-refractivity contribution in [3.05, 3.63) is 29.5 Å². The summed E-state index contributed by atoms with van der Waals surface area (Å²) in [7, 11) is 3.77. The van der Waals surface area contributed by atoms with Gasteiger partial charge in [-0.2, -0.15) is 0 Å². The Labute approximate surface area is 95.8 Å². The van der Waals surface area contributed by atoms with Gasteiger partial charge in [-0.1, -0.05) is 6.07 Å². The SMILES string of the molecule is COc1ccc(C)c2cc(CCN)n(C)c12. The Hall–Kier alpha value is -1.48. The van der Waals surface area contributed by atoms with Crippen LogP contribution in [0.1, 0.15) is 11.3 Å². The molecule has 0 amide bonds. The first-order valence-electron chi connectivity index (χ1n) is 5.51. The van der Waals surface area contributed by atoms with E-state index >= 15 is 0 Å². The number of methoxy groups -OCH3 is 1. The van der Waals surface area contributed by atoms with Crippen molar-refractivity contribution in [2.24, 2.45) is 12.8 Å². The molecule has 3 nitrogen and oxygen atoms in total. The van der Waals surface area contributed by atoms with E-state index in [-0.39, 0.29) is 0 Å². The molecular formula is C13H18N2O. The van der Waals surface area contributed by atoms with Gasteiger partial charge in [0.15, 0.2) is 0 Å². The number of aromatic nitrogens is 1. The molecular weight excluding hydrogens is 200 g/mol. The predicted octanol–water partition coefficient (Wildman–Crippen LogP) is 2.00. The summed E-state index contributed by atoms with van der Waals surface area (Å²) in [5.41, 5.74) is 9.30. The first kappa shape index (κ1) is 11.0. The van der Waals surface area contributed by atoms with Crippen LogP contribution in [0.3, 0.4) is 0 Å². The Balaban J connectivity index is 2.73. The Morgan fingerprint density at radius 3 is 2.75 bits per heavy atom. The van der Waals surface area contributed by atoms with Crippen molar-refractivity contribution in [1.82, 2.24) is 4.57 Å². The summed E-state index contributed by atoms with van der Waals surface area (Å²) in [5, 5.41) is 1.25. The fourth-order valence-corrected chi connectivity index (χ4v) is 2.18. The monoisotopic (exact) mass is 218 g/mol. The molecule has 86 valence electrons. The van der Waals surface area contributed by atoms with Crippen LogP contribution in [0.25, 0.3) is 10.9 Å².